The Balaban J connectivity index is 1.96. The first kappa shape index (κ1) is 13.5. The molecule has 2 N–H and O–H groups in total. The molecule has 1 aromatic heterocycles. The maximum atomic E-state index is 5.51. The van der Waals surface area contributed by atoms with Crippen molar-refractivity contribution < 1.29 is 4.42 Å². The Bertz CT molecular complexity index is 506. The van der Waals surface area contributed by atoms with Crippen LogP contribution in [0.15, 0.2) is 28.7 Å². The smallest absolute Gasteiger partial charge is 0.315 e. The van der Waals surface area contributed by atoms with Crippen LogP contribution < -0.4 is 10.6 Å². The van der Waals surface area contributed by atoms with E-state index in [4.69, 9.17) is 4.42 Å². The summed E-state index contributed by atoms with van der Waals surface area (Å²) in [5, 5.41) is 14.3. The Morgan fingerprint density at radius 2 is 1.95 bits per heavy atom. The number of aryl methyl sites for hydroxylation is 1. The molecule has 19 heavy (non-hydrogen) atoms. The van der Waals surface area contributed by atoms with Gasteiger partial charge in [-0.25, -0.2) is 0 Å². The van der Waals surface area contributed by atoms with Crippen LogP contribution >= 0.6 is 0 Å². The second kappa shape index (κ2) is 6.33. The van der Waals surface area contributed by atoms with Crippen LogP contribution in [-0.2, 0) is 6.54 Å². The first-order valence-corrected chi connectivity index (χ1v) is 6.55. The largest absolute Gasteiger partial charge is 0.407 e. The Morgan fingerprint density at radius 1 is 1.21 bits per heavy atom. The summed E-state index contributed by atoms with van der Waals surface area (Å²) in [4.78, 5) is 0. The Kier molecular flexibility index (Phi) is 4.52. The number of benzene rings is 1. The van der Waals surface area contributed by atoms with Crippen molar-refractivity contribution in [3.8, 4) is 0 Å². The van der Waals surface area contributed by atoms with Crippen molar-refractivity contribution in [3.05, 3.63) is 41.3 Å². The minimum Gasteiger partial charge on any atom is -0.407 e. The number of nitrogens with one attached hydrogen (secondary N) is 2. The van der Waals surface area contributed by atoms with Gasteiger partial charge in [0.1, 0.15) is 0 Å². The summed E-state index contributed by atoms with van der Waals surface area (Å²) in [6, 6.07) is 8.98. The van der Waals surface area contributed by atoms with E-state index in [0.29, 0.717) is 18.5 Å². The van der Waals surface area contributed by atoms with E-state index in [1.54, 1.807) is 0 Å². The number of hydrogen-bond acceptors (Lipinski definition) is 5. The molecule has 0 saturated heterocycles. The number of rotatable bonds is 6. The van der Waals surface area contributed by atoms with Crippen LogP contribution in [0.4, 0.5) is 6.01 Å². The van der Waals surface area contributed by atoms with Crippen molar-refractivity contribution in [2.75, 3.05) is 11.9 Å². The third kappa shape index (κ3) is 3.79. The van der Waals surface area contributed by atoms with Crippen LogP contribution in [0.3, 0.4) is 0 Å². The molecule has 0 amide bonds. The summed E-state index contributed by atoms with van der Waals surface area (Å²) in [7, 11) is 0. The zero-order chi connectivity index (χ0) is 13.7. The van der Waals surface area contributed by atoms with Crippen molar-refractivity contribution in [3.63, 3.8) is 0 Å². The molecule has 5 heteroatoms. The molecule has 0 fully saturated rings. The van der Waals surface area contributed by atoms with Crippen LogP contribution in [0.5, 0.6) is 0 Å². The van der Waals surface area contributed by atoms with Crippen LogP contribution in [0.2, 0.25) is 0 Å². The molecule has 5 nitrogen and oxygen atoms in total. The minimum atomic E-state index is 0.132. The van der Waals surface area contributed by atoms with Crippen molar-refractivity contribution >= 4 is 6.01 Å². The first-order chi connectivity index (χ1) is 9.19. The minimum absolute atomic E-state index is 0.132. The lowest BCUT2D eigenvalue weighted by atomic mass is 10.1. The van der Waals surface area contributed by atoms with Gasteiger partial charge in [0.25, 0.3) is 0 Å². The molecule has 0 spiro atoms. The fourth-order valence-electron chi connectivity index (χ4n) is 1.74. The van der Waals surface area contributed by atoms with E-state index >= 15 is 0 Å². The van der Waals surface area contributed by atoms with Gasteiger partial charge < -0.3 is 15.1 Å². The Labute approximate surface area is 113 Å². The summed E-state index contributed by atoms with van der Waals surface area (Å²) < 4.78 is 5.51. The molecule has 1 heterocycles. The van der Waals surface area contributed by atoms with Gasteiger partial charge in [-0.2, -0.15) is 0 Å². The number of anilines is 1. The molecule has 2 rings (SSSR count). The van der Waals surface area contributed by atoms with Gasteiger partial charge in [-0.3, -0.25) is 0 Å². The lowest BCUT2D eigenvalue weighted by molar-refractivity contribution is 0.478. The van der Waals surface area contributed by atoms with E-state index in [9.17, 15) is 0 Å². The molecule has 2 aromatic rings. The van der Waals surface area contributed by atoms with Crippen LogP contribution in [0, 0.1) is 6.92 Å². The summed E-state index contributed by atoms with van der Waals surface area (Å²) in [5.74, 6) is 0.598. The Hall–Kier alpha value is -1.88. The molecular weight excluding hydrogens is 240 g/mol. The number of aromatic nitrogens is 2. The van der Waals surface area contributed by atoms with Gasteiger partial charge in [0.2, 0.25) is 5.89 Å². The van der Waals surface area contributed by atoms with E-state index in [-0.39, 0.29) is 6.04 Å². The van der Waals surface area contributed by atoms with Crippen molar-refractivity contribution in [2.45, 2.75) is 33.4 Å². The summed E-state index contributed by atoms with van der Waals surface area (Å²) in [6.45, 7) is 7.66. The highest BCUT2D eigenvalue weighted by Gasteiger charge is 2.10. The van der Waals surface area contributed by atoms with Gasteiger partial charge in [-0.1, -0.05) is 41.9 Å². The van der Waals surface area contributed by atoms with Gasteiger partial charge in [0.05, 0.1) is 12.6 Å². The summed E-state index contributed by atoms with van der Waals surface area (Å²) in [5.41, 5.74) is 2.44. The predicted molar refractivity (Wildman–Crippen MR) is 74.9 cm³/mol. The second-order valence-electron chi connectivity index (χ2n) is 4.56. The van der Waals surface area contributed by atoms with Gasteiger partial charge in [0.15, 0.2) is 0 Å². The molecule has 1 aromatic carbocycles. The summed E-state index contributed by atoms with van der Waals surface area (Å²) in [6.07, 6.45) is 0. The highest BCUT2D eigenvalue weighted by molar-refractivity contribution is 5.30. The number of hydrogen-bond donors (Lipinski definition) is 2. The monoisotopic (exact) mass is 260 g/mol. The molecule has 0 bridgehead atoms. The molecule has 0 aliphatic heterocycles. The van der Waals surface area contributed by atoms with E-state index < -0.39 is 0 Å². The zero-order valence-corrected chi connectivity index (χ0v) is 11.6. The molecule has 102 valence electrons. The topological polar surface area (TPSA) is 63.0 Å². The highest BCUT2D eigenvalue weighted by Crippen LogP contribution is 2.18. The van der Waals surface area contributed by atoms with Crippen molar-refractivity contribution in [1.29, 1.82) is 0 Å². The average molecular weight is 260 g/mol. The Morgan fingerprint density at radius 3 is 2.63 bits per heavy atom. The standard InChI is InChI=1S/C14H20N4O/c1-4-15-9-13-17-18-14(19-13)16-11(3)12-7-5-10(2)6-8-12/h5-8,11,15H,4,9H2,1-3H3,(H,16,18). The van der Waals surface area contributed by atoms with Crippen LogP contribution in [0.1, 0.15) is 36.9 Å². The summed E-state index contributed by atoms with van der Waals surface area (Å²) >= 11 is 0. The van der Waals surface area contributed by atoms with Crippen molar-refractivity contribution in [1.82, 2.24) is 15.5 Å². The maximum absolute atomic E-state index is 5.51. The van der Waals surface area contributed by atoms with E-state index in [1.807, 2.05) is 6.92 Å². The van der Waals surface area contributed by atoms with E-state index in [2.05, 4.69) is 58.9 Å². The van der Waals surface area contributed by atoms with Gasteiger partial charge in [-0.05, 0) is 26.0 Å². The quantitative estimate of drug-likeness (QED) is 0.836. The normalized spacial score (nSPS) is 12.4. The molecule has 0 saturated carbocycles. The SMILES string of the molecule is CCNCc1nnc(NC(C)c2ccc(C)cc2)o1. The lowest BCUT2D eigenvalue weighted by Crippen LogP contribution is -2.11. The molecule has 1 atom stereocenters. The number of nitrogens with zero attached hydrogens (tertiary/aromatic N) is 2. The zero-order valence-electron chi connectivity index (χ0n) is 11.6. The predicted octanol–water partition coefficient (Wildman–Crippen LogP) is 2.66. The van der Waals surface area contributed by atoms with E-state index in [1.165, 1.54) is 11.1 Å². The van der Waals surface area contributed by atoms with Gasteiger partial charge in [0, 0.05) is 0 Å². The molecule has 0 radical (unpaired) electrons. The van der Waals surface area contributed by atoms with Gasteiger partial charge >= 0.3 is 6.01 Å². The molecule has 1 unspecified atom stereocenters. The first-order valence-electron chi connectivity index (χ1n) is 6.55. The highest BCUT2D eigenvalue weighted by atomic mass is 16.4. The maximum Gasteiger partial charge on any atom is 0.315 e. The average Bonchev–Trinajstić information content (AvgIpc) is 2.84. The molecular formula is C14H20N4O. The third-order valence-corrected chi connectivity index (χ3v) is 2.91. The van der Waals surface area contributed by atoms with E-state index in [0.717, 1.165) is 6.54 Å². The van der Waals surface area contributed by atoms with Crippen LogP contribution in [0.25, 0.3) is 0 Å². The van der Waals surface area contributed by atoms with Crippen molar-refractivity contribution in [2.24, 2.45) is 0 Å². The molecule has 0 aliphatic rings. The fraction of sp³-hybridized carbons (Fsp3) is 0.429. The molecule has 0 aliphatic carbocycles. The van der Waals surface area contributed by atoms with Crippen LogP contribution in [-0.4, -0.2) is 16.7 Å². The van der Waals surface area contributed by atoms with Gasteiger partial charge in [-0.15, -0.1) is 5.10 Å². The lowest BCUT2D eigenvalue weighted by Gasteiger charge is -2.12. The third-order valence-electron chi connectivity index (χ3n) is 2.91. The second-order valence-corrected chi connectivity index (χ2v) is 4.56. The fourth-order valence-corrected chi connectivity index (χ4v) is 1.74.